The van der Waals surface area contributed by atoms with E-state index in [2.05, 4.69) is 75.4 Å². The lowest BCUT2D eigenvalue weighted by molar-refractivity contribution is -0.344. The minimum atomic E-state index is 0.901. The van der Waals surface area contributed by atoms with Crippen molar-refractivity contribution in [3.8, 4) is 0 Å². The summed E-state index contributed by atoms with van der Waals surface area (Å²) in [6.45, 7) is 6.76. The number of unbranched alkanes of at least 4 members (excludes halogenated alkanes) is 9. The third-order valence-electron chi connectivity index (χ3n) is 7.47. The predicted octanol–water partition coefficient (Wildman–Crippen LogP) is 10.7. The van der Waals surface area contributed by atoms with E-state index in [-0.39, 0.29) is 0 Å². The summed E-state index contributed by atoms with van der Waals surface area (Å²) in [6.07, 6.45) is 20.8. The van der Waals surface area contributed by atoms with Crippen LogP contribution in [0, 0.1) is 0 Å². The summed E-state index contributed by atoms with van der Waals surface area (Å²) < 4.78 is 1.45. The topological polar surface area (TPSA) is 25.3 Å². The Bertz CT molecular complexity index is 992. The molecule has 1 heterocycles. The van der Waals surface area contributed by atoms with Gasteiger partial charge in [0.25, 0.3) is 0 Å². The van der Waals surface area contributed by atoms with Gasteiger partial charge in [-0.25, -0.2) is 4.70 Å². The highest BCUT2D eigenvalue weighted by Crippen LogP contribution is 2.37. The third kappa shape index (κ3) is 8.29. The quantitative estimate of drug-likeness (QED) is 0.158. The fourth-order valence-electron chi connectivity index (χ4n) is 5.16. The lowest BCUT2D eigenvalue weighted by Crippen LogP contribution is -2.02. The molecular weight excluding hydrogens is 436 g/mol. The van der Waals surface area contributed by atoms with Gasteiger partial charge < -0.3 is 5.53 Å². The molecule has 0 saturated carbocycles. The number of hydrogen-bond donors (Lipinski definition) is 0. The van der Waals surface area contributed by atoms with Crippen LogP contribution in [0.15, 0.2) is 60.2 Å². The van der Waals surface area contributed by atoms with Gasteiger partial charge in [-0.2, -0.15) is 0 Å². The molecule has 36 heavy (non-hydrogen) atoms. The van der Waals surface area contributed by atoms with E-state index in [4.69, 9.17) is 0 Å². The molecule has 0 unspecified atom stereocenters. The first-order valence-electron chi connectivity index (χ1n) is 14.8. The van der Waals surface area contributed by atoms with Crippen LogP contribution in [0.3, 0.4) is 0 Å². The largest absolute Gasteiger partial charge is 0.493 e. The van der Waals surface area contributed by atoms with Gasteiger partial charge >= 0.3 is 0 Å². The Labute approximate surface area is 221 Å². The van der Waals surface area contributed by atoms with E-state index in [1.165, 1.54) is 98.4 Å². The third-order valence-corrected chi connectivity index (χ3v) is 7.47. The number of nitrogens with zero attached hydrogens (tertiary/aromatic N) is 2. The lowest BCUT2D eigenvalue weighted by Gasteiger charge is -2.11. The summed E-state index contributed by atoms with van der Waals surface area (Å²) in [6, 6.07) is 17.7. The Hall–Kier alpha value is -2.48. The standard InChI is InChI=1S/C34H48N2/c1-4-7-10-12-13-15-18-32-27-33(30-23-19-29(20-24-30)17-14-11-8-5-2)36(35)34(32)31-25-21-28(22-26-31)16-9-6-3/h19-27H,4-18H2,1-3H3. The van der Waals surface area contributed by atoms with E-state index >= 15 is 0 Å². The van der Waals surface area contributed by atoms with Gasteiger partial charge in [-0.15, -0.1) is 0 Å². The SMILES string of the molecule is CCCCCCCCC1=C(c2ccc(CCCC)cc2)[N+](=[N-])C(c2ccc(CCCCCC)cc2)=C1. The lowest BCUT2D eigenvalue weighted by atomic mass is 9.99. The molecule has 0 amide bonds. The van der Waals surface area contributed by atoms with E-state index in [9.17, 15) is 5.53 Å². The van der Waals surface area contributed by atoms with Crippen molar-refractivity contribution < 1.29 is 4.70 Å². The number of aryl methyl sites for hydroxylation is 2. The molecule has 0 saturated heterocycles. The highest BCUT2D eigenvalue weighted by atomic mass is 15.2. The van der Waals surface area contributed by atoms with Gasteiger partial charge in [-0.1, -0.05) is 103 Å². The minimum Gasteiger partial charge on any atom is -0.493 e. The minimum absolute atomic E-state index is 0.901. The number of rotatable bonds is 17. The predicted molar refractivity (Wildman–Crippen MR) is 156 cm³/mol. The monoisotopic (exact) mass is 484 g/mol. The molecule has 2 aromatic carbocycles. The summed E-state index contributed by atoms with van der Waals surface area (Å²) in [4.78, 5) is 0. The van der Waals surface area contributed by atoms with Crippen molar-refractivity contribution in [1.82, 2.24) is 0 Å². The summed E-state index contributed by atoms with van der Waals surface area (Å²) >= 11 is 0. The van der Waals surface area contributed by atoms with Gasteiger partial charge in [-0.05, 0) is 73.9 Å². The highest BCUT2D eigenvalue weighted by molar-refractivity contribution is 5.78. The van der Waals surface area contributed by atoms with Crippen LogP contribution in [-0.4, -0.2) is 4.70 Å². The average molecular weight is 485 g/mol. The maximum atomic E-state index is 11.4. The van der Waals surface area contributed by atoms with Crippen LogP contribution >= 0.6 is 0 Å². The first kappa shape index (κ1) is 28.1. The molecule has 0 radical (unpaired) electrons. The maximum Gasteiger partial charge on any atom is 0.210 e. The number of benzene rings is 2. The highest BCUT2D eigenvalue weighted by Gasteiger charge is 2.28. The molecule has 0 bridgehead atoms. The van der Waals surface area contributed by atoms with Crippen LogP contribution in [0.1, 0.15) is 126 Å². The zero-order chi connectivity index (χ0) is 25.6. The zero-order valence-electron chi connectivity index (χ0n) is 23.2. The Morgan fingerprint density at radius 2 is 1.00 bits per heavy atom. The van der Waals surface area contributed by atoms with Gasteiger partial charge in [0.05, 0.1) is 0 Å². The van der Waals surface area contributed by atoms with Crippen LogP contribution < -0.4 is 0 Å². The smallest absolute Gasteiger partial charge is 0.210 e. The second kappa shape index (κ2) is 15.6. The summed E-state index contributed by atoms with van der Waals surface area (Å²) in [5.41, 5.74) is 19.5. The van der Waals surface area contributed by atoms with E-state index in [0.29, 0.717) is 0 Å². The van der Waals surface area contributed by atoms with E-state index in [0.717, 1.165) is 41.8 Å². The Morgan fingerprint density at radius 3 is 1.61 bits per heavy atom. The summed E-state index contributed by atoms with van der Waals surface area (Å²) in [5.74, 6) is 0. The number of allylic oxidation sites excluding steroid dienone is 2. The molecule has 0 N–H and O–H groups in total. The summed E-state index contributed by atoms with van der Waals surface area (Å²) in [5, 5.41) is 0. The van der Waals surface area contributed by atoms with Gasteiger partial charge in [0.15, 0.2) is 0 Å². The maximum absolute atomic E-state index is 11.4. The van der Waals surface area contributed by atoms with Crippen LogP contribution in [0.2, 0.25) is 0 Å². The number of hydrogen-bond acceptors (Lipinski definition) is 0. The van der Waals surface area contributed by atoms with E-state index in [1.807, 2.05) is 0 Å². The van der Waals surface area contributed by atoms with Crippen molar-refractivity contribution >= 4 is 11.4 Å². The molecule has 0 atom stereocenters. The normalized spacial score (nSPS) is 13.5. The van der Waals surface area contributed by atoms with Crippen molar-refractivity contribution in [3.63, 3.8) is 0 Å². The molecule has 2 nitrogen and oxygen atoms in total. The molecule has 1 aliphatic rings. The molecule has 3 rings (SSSR count). The fourth-order valence-corrected chi connectivity index (χ4v) is 5.16. The first-order chi connectivity index (χ1) is 17.7. The van der Waals surface area contributed by atoms with E-state index < -0.39 is 0 Å². The van der Waals surface area contributed by atoms with Crippen molar-refractivity contribution in [1.29, 1.82) is 0 Å². The molecule has 194 valence electrons. The molecule has 0 fully saturated rings. The Balaban J connectivity index is 1.75. The van der Waals surface area contributed by atoms with Crippen LogP contribution in [0.4, 0.5) is 0 Å². The van der Waals surface area contributed by atoms with Crippen LogP contribution in [-0.2, 0) is 12.8 Å². The van der Waals surface area contributed by atoms with Crippen molar-refractivity contribution in [2.75, 3.05) is 0 Å². The van der Waals surface area contributed by atoms with Crippen molar-refractivity contribution in [2.24, 2.45) is 0 Å². The second-order valence-corrected chi connectivity index (χ2v) is 10.5. The molecule has 2 aromatic rings. The Kier molecular flexibility index (Phi) is 12.2. The van der Waals surface area contributed by atoms with Gasteiger partial charge in [0.2, 0.25) is 11.4 Å². The van der Waals surface area contributed by atoms with Crippen LogP contribution in [0.25, 0.3) is 16.9 Å². The molecule has 1 aliphatic heterocycles. The Morgan fingerprint density at radius 1 is 0.528 bits per heavy atom. The average Bonchev–Trinajstić information content (AvgIpc) is 3.23. The molecule has 0 aliphatic carbocycles. The van der Waals surface area contributed by atoms with E-state index in [1.54, 1.807) is 0 Å². The zero-order valence-corrected chi connectivity index (χ0v) is 23.2. The fraction of sp³-hybridized carbons (Fsp3) is 0.529. The van der Waals surface area contributed by atoms with Crippen molar-refractivity contribution in [2.45, 2.75) is 117 Å². The molecule has 0 aromatic heterocycles. The van der Waals surface area contributed by atoms with Crippen molar-refractivity contribution in [3.05, 3.63) is 88.0 Å². The van der Waals surface area contributed by atoms with Crippen LogP contribution in [0.5, 0.6) is 0 Å². The van der Waals surface area contributed by atoms with Gasteiger partial charge in [-0.3, -0.25) is 0 Å². The van der Waals surface area contributed by atoms with Gasteiger partial charge in [0.1, 0.15) is 0 Å². The molecule has 0 spiro atoms. The summed E-state index contributed by atoms with van der Waals surface area (Å²) in [7, 11) is 0. The molecule has 2 heteroatoms. The van der Waals surface area contributed by atoms with Gasteiger partial charge in [0, 0.05) is 22.8 Å². The first-order valence-corrected chi connectivity index (χ1v) is 14.8. The second-order valence-electron chi connectivity index (χ2n) is 10.5. The molecular formula is C34H48N2.